The van der Waals surface area contributed by atoms with Gasteiger partial charge >= 0.3 is 29.0 Å². The largest absolute Gasteiger partial charge is 2.00 e. The first-order chi connectivity index (χ1) is 25.9. The van der Waals surface area contributed by atoms with Crippen molar-refractivity contribution in [3.05, 3.63) is 120 Å². The summed E-state index contributed by atoms with van der Waals surface area (Å²) in [7, 11) is 0. The van der Waals surface area contributed by atoms with Crippen LogP contribution in [0.2, 0.25) is 0 Å². The Balaban J connectivity index is 0.00000384. The van der Waals surface area contributed by atoms with Crippen LogP contribution >= 0.6 is 0 Å². The molecular weight excluding hydrogens is 738 g/mol. The van der Waals surface area contributed by atoms with Crippen molar-refractivity contribution in [3.63, 3.8) is 0 Å². The van der Waals surface area contributed by atoms with Gasteiger partial charge in [0.2, 0.25) is 0 Å². The summed E-state index contributed by atoms with van der Waals surface area (Å²) < 4.78 is 6.04. The van der Waals surface area contributed by atoms with Gasteiger partial charge in [0.1, 0.15) is 11.5 Å². The molecule has 8 aromatic rings. The van der Waals surface area contributed by atoms with Gasteiger partial charge in [0, 0.05) is 49.4 Å². The zero-order chi connectivity index (χ0) is 35.8. The maximum absolute atomic E-state index is 11.7. The molecule has 0 saturated carbocycles. The van der Waals surface area contributed by atoms with Gasteiger partial charge in [0.05, 0.1) is 34.0 Å². The molecule has 2 N–H and O–H groups in total. The number of nitrogens with zero attached hydrogens (tertiary/aromatic N) is 9. The Hall–Kier alpha value is -7.35. The summed E-state index contributed by atoms with van der Waals surface area (Å²) in [6.45, 7) is 0. The third kappa shape index (κ3) is 5.30. The SMILES string of the molecule is O=C(O)c1cc(Oc2ccc3c4nc5nc(nc6[n-]c(nc7n[n+](nc([n-]4)c3c2)-c2ccccc2-7)c2ccccc62)-c2ccccc2-5)cc(C(=O)O)c1.[Cu+2]. The number of carboxylic acids is 2. The van der Waals surface area contributed by atoms with Gasteiger partial charge in [-0.15, -0.1) is 0 Å². The van der Waals surface area contributed by atoms with Crippen molar-refractivity contribution in [1.29, 1.82) is 0 Å². The van der Waals surface area contributed by atoms with Gasteiger partial charge in [-0.3, -0.25) is 0 Å². The number of carboxylic acid groups (broad SMARTS) is 2. The molecule has 0 atom stereocenters. The molecule has 0 aliphatic carbocycles. The van der Waals surface area contributed by atoms with E-state index in [1.54, 1.807) is 18.2 Å². The normalized spacial score (nSPS) is 11.5. The van der Waals surface area contributed by atoms with E-state index in [0.29, 0.717) is 50.9 Å². The second-order valence-electron chi connectivity index (χ2n) is 12.2. The fourth-order valence-corrected chi connectivity index (χ4v) is 6.50. The molecule has 0 amide bonds. The molecule has 8 bridgehead atoms. The third-order valence-electron chi connectivity index (χ3n) is 8.94. The summed E-state index contributed by atoms with van der Waals surface area (Å²) >= 11 is 0. The molecule has 261 valence electrons. The smallest absolute Gasteiger partial charge is 0.478 e. The molecule has 1 radical (unpaired) electrons. The Morgan fingerprint density at radius 1 is 0.519 bits per heavy atom. The number of ether oxygens (including phenoxy) is 1. The van der Waals surface area contributed by atoms with E-state index < -0.39 is 11.9 Å². The minimum atomic E-state index is -1.29. The molecule has 5 aromatic carbocycles. The molecule has 3 aromatic heterocycles. The summed E-state index contributed by atoms with van der Waals surface area (Å²) in [6.07, 6.45) is 0. The van der Waals surface area contributed by atoms with E-state index >= 15 is 0 Å². The number of hydrogen-bond acceptors (Lipinski definition) is 9. The van der Waals surface area contributed by atoms with Crippen LogP contribution in [0.25, 0.3) is 84.0 Å². The maximum Gasteiger partial charge on any atom is 2.00 e. The van der Waals surface area contributed by atoms with Crippen molar-refractivity contribution in [2.24, 2.45) is 0 Å². The van der Waals surface area contributed by atoms with Crippen LogP contribution < -0.4 is 19.5 Å². The molecule has 15 heteroatoms. The van der Waals surface area contributed by atoms with Gasteiger partial charge in [-0.2, -0.15) is 0 Å². The Labute approximate surface area is 313 Å². The molecule has 0 unspecified atom stereocenters. The van der Waals surface area contributed by atoms with Crippen LogP contribution in [0.5, 0.6) is 11.5 Å². The maximum atomic E-state index is 11.7. The number of para-hydroxylation sites is 1. The van der Waals surface area contributed by atoms with E-state index in [2.05, 4.69) is 0 Å². The first-order valence-electron chi connectivity index (χ1n) is 16.2. The van der Waals surface area contributed by atoms with E-state index in [1.807, 2.05) is 72.8 Å². The zero-order valence-corrected chi connectivity index (χ0v) is 28.3. The van der Waals surface area contributed by atoms with E-state index in [1.165, 1.54) is 16.9 Å². The average Bonchev–Trinajstić information content (AvgIpc) is 3.90. The molecule has 2 aliphatic rings. The number of benzene rings is 5. The van der Waals surface area contributed by atoms with E-state index in [4.69, 9.17) is 44.8 Å². The van der Waals surface area contributed by atoms with Crippen LogP contribution in [0.3, 0.4) is 0 Å². The standard InChI is InChI=1S/C39H21N9O5.Cu/c49-38(50)19-15-20(39(51)52)17-22(16-19)53-21-13-14-27-29(18-21)37-45-35(27)43-33-24-8-2-1-7-23(24)31(41-33)40-32-25-9-3-4-10-26(25)34(42-32)44-36-28-11-5-6-12-30(28)48(46-36)47-37;/h1-18H,(H3,40,41,42,43,44,45,46,47,49,50,51,52);/q;+2/p-1. The summed E-state index contributed by atoms with van der Waals surface area (Å²) in [6, 6.07) is 31.6. The number of fused-ring (bicyclic) bond motifs is 20. The predicted octanol–water partition coefficient (Wildman–Crippen LogP) is 5.92. The van der Waals surface area contributed by atoms with E-state index in [9.17, 15) is 19.8 Å². The number of rotatable bonds is 4. The Kier molecular flexibility index (Phi) is 7.48. The second-order valence-corrected chi connectivity index (χ2v) is 12.2. The molecule has 14 nitrogen and oxygen atoms in total. The third-order valence-corrected chi connectivity index (χ3v) is 8.94. The van der Waals surface area contributed by atoms with Crippen LogP contribution in [-0.2, 0) is 17.1 Å². The molecule has 10 rings (SSSR count). The predicted molar refractivity (Wildman–Crippen MR) is 191 cm³/mol. The minimum absolute atomic E-state index is 0. The summed E-state index contributed by atoms with van der Waals surface area (Å²) in [5.74, 6) is -1.04. The zero-order valence-electron chi connectivity index (χ0n) is 27.3. The quantitative estimate of drug-likeness (QED) is 0.159. The van der Waals surface area contributed by atoms with E-state index in [-0.39, 0.29) is 45.3 Å². The van der Waals surface area contributed by atoms with E-state index in [0.717, 1.165) is 33.5 Å². The van der Waals surface area contributed by atoms with Crippen LogP contribution in [-0.4, -0.2) is 52.3 Å². The van der Waals surface area contributed by atoms with Gasteiger partial charge in [0.25, 0.3) is 5.69 Å². The van der Waals surface area contributed by atoms with Gasteiger partial charge in [-0.1, -0.05) is 65.8 Å². The number of aromatic carboxylic acids is 2. The topological polar surface area (TPSA) is 193 Å². The molecule has 54 heavy (non-hydrogen) atoms. The molecule has 2 aliphatic heterocycles. The molecular formula is C39H20CuN9O5+. The Bertz CT molecular complexity index is 3050. The van der Waals surface area contributed by atoms with Crippen molar-refractivity contribution in [2.75, 3.05) is 0 Å². The van der Waals surface area contributed by atoms with Crippen molar-refractivity contribution < 1.29 is 46.4 Å². The minimum Gasteiger partial charge on any atom is -0.478 e. The van der Waals surface area contributed by atoms with Gasteiger partial charge in [-0.25, -0.2) is 14.6 Å². The molecule has 0 fully saturated rings. The first kappa shape index (κ1) is 32.5. The fraction of sp³-hybridized carbons (Fsp3) is 0. The van der Waals surface area contributed by atoms with Gasteiger partial charge in [-0.05, 0) is 58.6 Å². The molecule has 5 heterocycles. The van der Waals surface area contributed by atoms with Crippen molar-refractivity contribution >= 4 is 56.1 Å². The molecule has 0 saturated heterocycles. The van der Waals surface area contributed by atoms with Crippen LogP contribution in [0.1, 0.15) is 20.7 Å². The average molecular weight is 758 g/mol. The number of aromatic nitrogens is 9. The van der Waals surface area contributed by atoms with Gasteiger partial charge in [0.15, 0.2) is 5.82 Å². The van der Waals surface area contributed by atoms with Crippen LogP contribution in [0.4, 0.5) is 0 Å². The summed E-state index contributed by atoms with van der Waals surface area (Å²) in [5, 5.41) is 31.6. The van der Waals surface area contributed by atoms with Gasteiger partial charge < -0.3 is 39.9 Å². The van der Waals surface area contributed by atoms with Crippen molar-refractivity contribution in [1.82, 2.24) is 40.1 Å². The Morgan fingerprint density at radius 2 is 1.06 bits per heavy atom. The fourth-order valence-electron chi connectivity index (χ4n) is 6.50. The number of hydrogen-bond donors (Lipinski definition) is 2. The second kappa shape index (κ2) is 12.4. The van der Waals surface area contributed by atoms with Crippen molar-refractivity contribution in [2.45, 2.75) is 0 Å². The summed E-state index contributed by atoms with van der Waals surface area (Å²) in [5.41, 5.74) is 3.97. The number of carbonyl (C=O) groups is 2. The monoisotopic (exact) mass is 757 g/mol. The molecule has 0 spiro atoms. The summed E-state index contributed by atoms with van der Waals surface area (Å²) in [4.78, 5) is 54.3. The van der Waals surface area contributed by atoms with Crippen LogP contribution in [0.15, 0.2) is 109 Å². The Morgan fingerprint density at radius 3 is 1.69 bits per heavy atom. The first-order valence-corrected chi connectivity index (χ1v) is 16.2. The van der Waals surface area contributed by atoms with Crippen molar-refractivity contribution in [3.8, 4) is 51.3 Å². The van der Waals surface area contributed by atoms with Crippen LogP contribution in [0, 0.1) is 0 Å².